The van der Waals surface area contributed by atoms with Gasteiger partial charge in [-0.15, -0.1) is 0 Å². The first-order chi connectivity index (χ1) is 7.29. The van der Waals surface area contributed by atoms with Crippen LogP contribution in [0.5, 0.6) is 0 Å². The van der Waals surface area contributed by atoms with E-state index in [1.807, 2.05) is 36.4 Å². The van der Waals surface area contributed by atoms with E-state index in [2.05, 4.69) is 4.98 Å². The van der Waals surface area contributed by atoms with Gasteiger partial charge in [0.1, 0.15) is 0 Å². The Balaban J connectivity index is 2.37. The normalized spacial score (nSPS) is 12.4. The molecular weight excluding hydrogens is 208 g/mol. The van der Waals surface area contributed by atoms with Crippen LogP contribution in [0.25, 0.3) is 0 Å². The van der Waals surface area contributed by atoms with Gasteiger partial charge in [-0.3, -0.25) is 4.98 Å². The lowest BCUT2D eigenvalue weighted by Crippen LogP contribution is -2.12. The lowest BCUT2D eigenvalue weighted by atomic mass is 10.0. The molecule has 0 aliphatic carbocycles. The minimum absolute atomic E-state index is 0.193. The molecule has 15 heavy (non-hydrogen) atoms. The van der Waals surface area contributed by atoms with E-state index in [-0.39, 0.29) is 6.04 Å². The number of rotatable bonds is 2. The molecule has 1 heterocycles. The van der Waals surface area contributed by atoms with E-state index in [0.717, 1.165) is 11.1 Å². The van der Waals surface area contributed by atoms with Crippen molar-refractivity contribution in [2.45, 2.75) is 6.04 Å². The van der Waals surface area contributed by atoms with Crippen LogP contribution in [0.2, 0.25) is 5.02 Å². The van der Waals surface area contributed by atoms with E-state index < -0.39 is 0 Å². The maximum Gasteiger partial charge on any atom is 0.0567 e. The molecule has 0 unspecified atom stereocenters. The molecule has 0 amide bonds. The van der Waals surface area contributed by atoms with Crippen LogP contribution in [0.15, 0.2) is 48.8 Å². The number of nitrogens with two attached hydrogens (primary N) is 1. The Morgan fingerprint density at radius 2 is 1.73 bits per heavy atom. The average Bonchev–Trinajstić information content (AvgIpc) is 2.30. The second-order valence-corrected chi connectivity index (χ2v) is 3.69. The molecule has 2 aromatic rings. The summed E-state index contributed by atoms with van der Waals surface area (Å²) in [5, 5.41) is 0.696. The van der Waals surface area contributed by atoms with Crippen molar-refractivity contribution in [1.29, 1.82) is 0 Å². The summed E-state index contributed by atoms with van der Waals surface area (Å²) in [6, 6.07) is 11.2. The molecular formula is C12H11ClN2. The number of benzene rings is 1. The number of aromatic nitrogens is 1. The molecule has 0 bridgehead atoms. The molecule has 76 valence electrons. The summed E-state index contributed by atoms with van der Waals surface area (Å²) in [6.45, 7) is 0. The van der Waals surface area contributed by atoms with Crippen LogP contribution in [-0.4, -0.2) is 4.98 Å². The van der Waals surface area contributed by atoms with E-state index in [1.165, 1.54) is 0 Å². The molecule has 1 aromatic carbocycles. The summed E-state index contributed by atoms with van der Waals surface area (Å²) in [5.74, 6) is 0. The third-order valence-corrected chi connectivity index (χ3v) is 2.65. The second-order valence-electron chi connectivity index (χ2n) is 3.28. The third-order valence-electron chi connectivity index (χ3n) is 2.31. The standard InChI is InChI=1S/C12H11ClN2/c13-11-4-2-1-3-10(11)12(14)9-5-7-15-8-6-9/h1-8,12H,14H2/t12-/m1/s1. The molecule has 0 saturated heterocycles. The Bertz CT molecular complexity index is 442. The summed E-state index contributed by atoms with van der Waals surface area (Å²) in [7, 11) is 0. The summed E-state index contributed by atoms with van der Waals surface area (Å²) >= 11 is 6.07. The van der Waals surface area contributed by atoms with Crippen LogP contribution in [0.4, 0.5) is 0 Å². The van der Waals surface area contributed by atoms with Crippen molar-refractivity contribution in [2.75, 3.05) is 0 Å². The van der Waals surface area contributed by atoms with Crippen molar-refractivity contribution in [3.8, 4) is 0 Å². The number of hydrogen-bond acceptors (Lipinski definition) is 2. The van der Waals surface area contributed by atoms with Gasteiger partial charge in [-0.1, -0.05) is 29.8 Å². The van der Waals surface area contributed by atoms with Gasteiger partial charge in [-0.05, 0) is 29.3 Å². The Morgan fingerprint density at radius 3 is 2.40 bits per heavy atom. The zero-order valence-electron chi connectivity index (χ0n) is 8.10. The van der Waals surface area contributed by atoms with Gasteiger partial charge in [0, 0.05) is 17.4 Å². The maximum atomic E-state index is 6.10. The molecule has 2 rings (SSSR count). The SMILES string of the molecule is N[C@H](c1ccncc1)c1ccccc1Cl. The number of hydrogen-bond donors (Lipinski definition) is 1. The molecule has 1 atom stereocenters. The Hall–Kier alpha value is -1.38. The summed E-state index contributed by atoms with van der Waals surface area (Å²) < 4.78 is 0. The van der Waals surface area contributed by atoms with Crippen LogP contribution in [0.1, 0.15) is 17.2 Å². The number of halogens is 1. The van der Waals surface area contributed by atoms with Gasteiger partial charge in [0.2, 0.25) is 0 Å². The zero-order valence-corrected chi connectivity index (χ0v) is 8.85. The molecule has 3 heteroatoms. The predicted octanol–water partition coefficient (Wildman–Crippen LogP) is 2.78. The van der Waals surface area contributed by atoms with Crippen molar-refractivity contribution in [3.63, 3.8) is 0 Å². The molecule has 1 aromatic heterocycles. The predicted molar refractivity (Wildman–Crippen MR) is 61.7 cm³/mol. The van der Waals surface area contributed by atoms with E-state index in [4.69, 9.17) is 17.3 Å². The molecule has 0 fully saturated rings. The fraction of sp³-hybridized carbons (Fsp3) is 0.0833. The third kappa shape index (κ3) is 2.17. The van der Waals surface area contributed by atoms with Crippen molar-refractivity contribution >= 4 is 11.6 Å². The lowest BCUT2D eigenvalue weighted by Gasteiger charge is -2.13. The first-order valence-electron chi connectivity index (χ1n) is 4.69. The smallest absolute Gasteiger partial charge is 0.0567 e. The van der Waals surface area contributed by atoms with Crippen LogP contribution in [0.3, 0.4) is 0 Å². The van der Waals surface area contributed by atoms with Gasteiger partial charge < -0.3 is 5.73 Å². The van der Waals surface area contributed by atoms with Crippen LogP contribution >= 0.6 is 11.6 Å². The van der Waals surface area contributed by atoms with Crippen LogP contribution in [-0.2, 0) is 0 Å². The molecule has 0 aliphatic rings. The fourth-order valence-corrected chi connectivity index (χ4v) is 1.73. The van der Waals surface area contributed by atoms with Gasteiger partial charge in [0.25, 0.3) is 0 Å². The first kappa shape index (κ1) is 10.1. The Kier molecular flexibility index (Phi) is 2.99. The summed E-state index contributed by atoms with van der Waals surface area (Å²) in [4.78, 5) is 3.96. The van der Waals surface area contributed by atoms with Gasteiger partial charge in [-0.2, -0.15) is 0 Å². The highest BCUT2D eigenvalue weighted by molar-refractivity contribution is 6.31. The molecule has 0 spiro atoms. The largest absolute Gasteiger partial charge is 0.320 e. The molecule has 2 nitrogen and oxygen atoms in total. The summed E-state index contributed by atoms with van der Waals surface area (Å²) in [5.41, 5.74) is 8.05. The lowest BCUT2D eigenvalue weighted by molar-refractivity contribution is 0.868. The minimum atomic E-state index is -0.193. The Labute approximate surface area is 93.7 Å². The van der Waals surface area contributed by atoms with Gasteiger partial charge >= 0.3 is 0 Å². The topological polar surface area (TPSA) is 38.9 Å². The van der Waals surface area contributed by atoms with Crippen molar-refractivity contribution < 1.29 is 0 Å². The van der Waals surface area contributed by atoms with Crippen molar-refractivity contribution in [3.05, 3.63) is 64.9 Å². The first-order valence-corrected chi connectivity index (χ1v) is 5.07. The number of pyridine rings is 1. The Morgan fingerprint density at radius 1 is 1.07 bits per heavy atom. The monoisotopic (exact) mass is 218 g/mol. The summed E-state index contributed by atoms with van der Waals surface area (Å²) in [6.07, 6.45) is 3.46. The average molecular weight is 219 g/mol. The highest BCUT2D eigenvalue weighted by Gasteiger charge is 2.10. The second kappa shape index (κ2) is 4.43. The number of nitrogens with zero attached hydrogens (tertiary/aromatic N) is 1. The van der Waals surface area contributed by atoms with Gasteiger partial charge in [0.05, 0.1) is 6.04 Å². The van der Waals surface area contributed by atoms with E-state index in [9.17, 15) is 0 Å². The van der Waals surface area contributed by atoms with Crippen LogP contribution in [0, 0.1) is 0 Å². The highest BCUT2D eigenvalue weighted by atomic mass is 35.5. The molecule has 0 aliphatic heterocycles. The fourth-order valence-electron chi connectivity index (χ4n) is 1.48. The van der Waals surface area contributed by atoms with Gasteiger partial charge in [0.15, 0.2) is 0 Å². The molecule has 0 radical (unpaired) electrons. The minimum Gasteiger partial charge on any atom is -0.320 e. The molecule has 0 saturated carbocycles. The highest BCUT2D eigenvalue weighted by Crippen LogP contribution is 2.25. The van der Waals surface area contributed by atoms with Crippen LogP contribution < -0.4 is 5.73 Å². The molecule has 2 N–H and O–H groups in total. The maximum absolute atomic E-state index is 6.10. The van der Waals surface area contributed by atoms with E-state index in [1.54, 1.807) is 12.4 Å². The van der Waals surface area contributed by atoms with E-state index in [0.29, 0.717) is 5.02 Å². The van der Waals surface area contributed by atoms with Crippen molar-refractivity contribution in [2.24, 2.45) is 5.73 Å². The zero-order chi connectivity index (χ0) is 10.7. The van der Waals surface area contributed by atoms with Crippen molar-refractivity contribution in [1.82, 2.24) is 4.98 Å². The van der Waals surface area contributed by atoms with E-state index >= 15 is 0 Å². The van der Waals surface area contributed by atoms with Gasteiger partial charge in [-0.25, -0.2) is 0 Å². The quantitative estimate of drug-likeness (QED) is 0.842.